The van der Waals surface area contributed by atoms with Crippen LogP contribution in [0, 0.1) is 6.92 Å². The Labute approximate surface area is 131 Å². The van der Waals surface area contributed by atoms with Gasteiger partial charge in [0.2, 0.25) is 0 Å². The topological polar surface area (TPSA) is 38.8 Å². The molecule has 4 heteroatoms. The molecule has 2 fully saturated rings. The molecule has 0 saturated carbocycles. The summed E-state index contributed by atoms with van der Waals surface area (Å²) in [6.45, 7) is 2.68. The van der Waals surface area contributed by atoms with Crippen molar-refractivity contribution >= 4 is 5.97 Å². The van der Waals surface area contributed by atoms with Gasteiger partial charge in [-0.3, -0.25) is 0 Å². The number of nitrogens with zero attached hydrogens (tertiary/aromatic N) is 1. The Morgan fingerprint density at radius 1 is 1.27 bits per heavy atom. The minimum atomic E-state index is -0.212. The number of hydrogen-bond donors (Lipinski definition) is 0. The Hall–Kier alpha value is -1.55. The predicted molar refractivity (Wildman–Crippen MR) is 83.4 cm³/mol. The van der Waals surface area contributed by atoms with Gasteiger partial charge in [-0.05, 0) is 44.0 Å². The third-order valence-electron chi connectivity index (χ3n) is 5.48. The van der Waals surface area contributed by atoms with Crippen molar-refractivity contribution in [3.05, 3.63) is 28.8 Å². The summed E-state index contributed by atoms with van der Waals surface area (Å²) in [6.07, 6.45) is 5.34. The van der Waals surface area contributed by atoms with Crippen molar-refractivity contribution in [1.82, 2.24) is 4.90 Å². The first-order chi connectivity index (χ1) is 10.6. The average molecular weight is 301 g/mol. The molecule has 2 saturated heterocycles. The lowest BCUT2D eigenvalue weighted by Crippen LogP contribution is -2.43. The highest BCUT2D eigenvalue weighted by Gasteiger charge is 2.40. The fraction of sp³-hybridized carbons (Fsp3) is 0.611. The van der Waals surface area contributed by atoms with Crippen molar-refractivity contribution in [3.63, 3.8) is 0 Å². The van der Waals surface area contributed by atoms with Crippen LogP contribution in [0.15, 0.2) is 12.1 Å². The second-order valence-corrected chi connectivity index (χ2v) is 6.95. The van der Waals surface area contributed by atoms with Crippen LogP contribution in [0.3, 0.4) is 0 Å². The van der Waals surface area contributed by atoms with Gasteiger partial charge in [0.25, 0.3) is 0 Å². The van der Waals surface area contributed by atoms with E-state index in [1.54, 1.807) is 0 Å². The molecule has 0 aliphatic carbocycles. The highest BCUT2D eigenvalue weighted by molar-refractivity contribution is 5.93. The Morgan fingerprint density at radius 2 is 2.00 bits per heavy atom. The predicted octanol–water partition coefficient (Wildman–Crippen LogP) is 2.71. The van der Waals surface area contributed by atoms with Gasteiger partial charge in [-0.15, -0.1) is 0 Å². The number of fused-ring (bicyclic) bond motifs is 3. The standard InChI is InChI=1S/C18H23NO3/c1-11-7-12-5-6-21-17(12)16(8-11)18(20)22-15-9-13-3-4-14(10-15)19(13)2/h7-8,13-15H,3-6,9-10H2,1-2H3. The van der Waals surface area contributed by atoms with Gasteiger partial charge in [0.15, 0.2) is 0 Å². The van der Waals surface area contributed by atoms with E-state index in [2.05, 4.69) is 18.0 Å². The molecule has 3 aliphatic heterocycles. The van der Waals surface area contributed by atoms with E-state index >= 15 is 0 Å². The molecule has 0 spiro atoms. The van der Waals surface area contributed by atoms with Crippen LogP contribution in [0.4, 0.5) is 0 Å². The van der Waals surface area contributed by atoms with Crippen molar-refractivity contribution in [3.8, 4) is 5.75 Å². The van der Waals surface area contributed by atoms with Gasteiger partial charge in [0.05, 0.1) is 6.61 Å². The molecule has 22 heavy (non-hydrogen) atoms. The number of rotatable bonds is 2. The van der Waals surface area contributed by atoms with Crippen LogP contribution in [0.25, 0.3) is 0 Å². The maximum atomic E-state index is 12.6. The molecular weight excluding hydrogens is 278 g/mol. The molecule has 0 N–H and O–H groups in total. The van der Waals surface area contributed by atoms with E-state index in [-0.39, 0.29) is 12.1 Å². The summed E-state index contributed by atoms with van der Waals surface area (Å²) >= 11 is 0. The van der Waals surface area contributed by atoms with Gasteiger partial charge in [-0.25, -0.2) is 4.79 Å². The summed E-state index contributed by atoms with van der Waals surface area (Å²) in [5.74, 6) is 0.530. The van der Waals surface area contributed by atoms with Crippen LogP contribution >= 0.6 is 0 Å². The third-order valence-corrected chi connectivity index (χ3v) is 5.48. The van der Waals surface area contributed by atoms with E-state index in [9.17, 15) is 4.79 Å². The number of benzene rings is 1. The number of ether oxygens (including phenoxy) is 2. The highest BCUT2D eigenvalue weighted by Crippen LogP contribution is 2.37. The first-order valence-electron chi connectivity index (χ1n) is 8.31. The van der Waals surface area contributed by atoms with Gasteiger partial charge < -0.3 is 14.4 Å². The lowest BCUT2D eigenvalue weighted by Gasteiger charge is -2.35. The molecule has 2 atom stereocenters. The smallest absolute Gasteiger partial charge is 0.342 e. The molecule has 0 radical (unpaired) electrons. The lowest BCUT2D eigenvalue weighted by molar-refractivity contribution is -0.000696. The molecule has 1 aromatic rings. The van der Waals surface area contributed by atoms with E-state index in [4.69, 9.17) is 9.47 Å². The SMILES string of the molecule is Cc1cc2c(c(C(=O)OC3CC4CCC(C3)N4C)c1)OCC2. The van der Waals surface area contributed by atoms with E-state index in [0.29, 0.717) is 24.3 Å². The Bertz CT molecular complexity index is 599. The van der Waals surface area contributed by atoms with Crippen LogP contribution in [-0.2, 0) is 11.2 Å². The Balaban J connectivity index is 1.52. The minimum absolute atomic E-state index is 0.0544. The normalized spacial score (nSPS) is 30.0. The molecule has 2 unspecified atom stereocenters. The third kappa shape index (κ3) is 2.30. The van der Waals surface area contributed by atoms with Gasteiger partial charge in [0, 0.05) is 31.3 Å². The van der Waals surface area contributed by atoms with Crippen molar-refractivity contribution in [2.24, 2.45) is 0 Å². The van der Waals surface area contributed by atoms with Crippen LogP contribution < -0.4 is 4.74 Å². The van der Waals surface area contributed by atoms with Gasteiger partial charge in [-0.1, -0.05) is 6.07 Å². The van der Waals surface area contributed by atoms with Gasteiger partial charge >= 0.3 is 5.97 Å². The molecule has 0 aromatic heterocycles. The lowest BCUT2D eigenvalue weighted by atomic mass is 10.00. The van der Waals surface area contributed by atoms with E-state index in [0.717, 1.165) is 36.1 Å². The summed E-state index contributed by atoms with van der Waals surface area (Å²) in [7, 11) is 2.20. The molecule has 3 aliphatic rings. The van der Waals surface area contributed by atoms with Crippen LogP contribution in [0.2, 0.25) is 0 Å². The molecule has 118 valence electrons. The molecule has 4 rings (SSSR count). The van der Waals surface area contributed by atoms with Gasteiger partial charge in [0.1, 0.15) is 17.4 Å². The number of esters is 1. The zero-order chi connectivity index (χ0) is 15.3. The summed E-state index contributed by atoms with van der Waals surface area (Å²) in [4.78, 5) is 15.1. The summed E-state index contributed by atoms with van der Waals surface area (Å²) in [6, 6.07) is 5.16. The van der Waals surface area contributed by atoms with Crippen LogP contribution in [0.5, 0.6) is 5.75 Å². The maximum Gasteiger partial charge on any atom is 0.342 e. The van der Waals surface area contributed by atoms with E-state index in [1.807, 2.05) is 13.0 Å². The molecule has 3 heterocycles. The average Bonchev–Trinajstić information content (AvgIpc) is 3.00. The monoisotopic (exact) mass is 301 g/mol. The van der Waals surface area contributed by atoms with Crippen molar-refractivity contribution in [2.45, 2.75) is 57.2 Å². The fourth-order valence-electron chi connectivity index (χ4n) is 4.29. The van der Waals surface area contributed by atoms with E-state index in [1.165, 1.54) is 12.8 Å². The quantitative estimate of drug-likeness (QED) is 0.787. The first kappa shape index (κ1) is 14.1. The fourth-order valence-corrected chi connectivity index (χ4v) is 4.29. The van der Waals surface area contributed by atoms with Crippen molar-refractivity contribution in [1.29, 1.82) is 0 Å². The van der Waals surface area contributed by atoms with Crippen molar-refractivity contribution in [2.75, 3.05) is 13.7 Å². The van der Waals surface area contributed by atoms with Crippen LogP contribution in [0.1, 0.15) is 47.2 Å². The number of carbonyl (C=O) groups excluding carboxylic acids is 1. The second-order valence-electron chi connectivity index (χ2n) is 6.95. The molecule has 2 bridgehead atoms. The van der Waals surface area contributed by atoms with Gasteiger partial charge in [-0.2, -0.15) is 0 Å². The summed E-state index contributed by atoms with van der Waals surface area (Å²) < 4.78 is 11.5. The number of aryl methyl sites for hydroxylation is 1. The maximum absolute atomic E-state index is 12.6. The first-order valence-corrected chi connectivity index (χ1v) is 8.31. The molecule has 0 amide bonds. The zero-order valence-corrected chi connectivity index (χ0v) is 13.3. The number of carbonyl (C=O) groups is 1. The zero-order valence-electron chi connectivity index (χ0n) is 13.3. The number of piperidine rings is 1. The Morgan fingerprint density at radius 3 is 2.73 bits per heavy atom. The van der Waals surface area contributed by atoms with Crippen LogP contribution in [-0.4, -0.2) is 42.7 Å². The highest BCUT2D eigenvalue weighted by atomic mass is 16.5. The van der Waals surface area contributed by atoms with Crippen molar-refractivity contribution < 1.29 is 14.3 Å². The molecular formula is C18H23NO3. The largest absolute Gasteiger partial charge is 0.492 e. The number of hydrogen-bond acceptors (Lipinski definition) is 4. The molecule has 1 aromatic carbocycles. The minimum Gasteiger partial charge on any atom is -0.492 e. The summed E-state index contributed by atoms with van der Waals surface area (Å²) in [5.41, 5.74) is 2.84. The summed E-state index contributed by atoms with van der Waals surface area (Å²) in [5, 5.41) is 0. The second kappa shape index (κ2) is 5.27. The van der Waals surface area contributed by atoms with E-state index < -0.39 is 0 Å². The molecule has 4 nitrogen and oxygen atoms in total. The Kier molecular flexibility index (Phi) is 3.37.